The van der Waals surface area contributed by atoms with Gasteiger partial charge in [-0.25, -0.2) is 0 Å². The van der Waals surface area contributed by atoms with Crippen LogP contribution in [0.15, 0.2) is 30.3 Å². The molecule has 0 saturated carbocycles. The Hall–Kier alpha value is -1.02. The molecule has 1 aromatic carbocycles. The lowest BCUT2D eigenvalue weighted by Crippen LogP contribution is -2.34. The maximum atomic E-state index is 9.21. The Bertz CT molecular complexity index is 547. The maximum Gasteiger partial charge on any atom is 0.187 e. The summed E-state index contributed by atoms with van der Waals surface area (Å²) in [5, 5.41) is 9.21. The third kappa shape index (κ3) is 3.03. The molecule has 3 heterocycles. The van der Waals surface area contributed by atoms with Gasteiger partial charge in [-0.05, 0) is 19.4 Å². The highest BCUT2D eigenvalue weighted by Gasteiger charge is 2.62. The lowest BCUT2D eigenvalue weighted by Gasteiger charge is -2.23. The molecule has 0 aliphatic carbocycles. The Balaban J connectivity index is 1.45. The highest BCUT2D eigenvalue weighted by atomic mass is 16.8. The molecule has 0 amide bonds. The highest BCUT2D eigenvalue weighted by Crippen LogP contribution is 2.44. The summed E-state index contributed by atoms with van der Waals surface area (Å²) in [5.41, 5.74) is 1.07. The lowest BCUT2D eigenvalue weighted by atomic mass is 10.1. The molecule has 6 nitrogen and oxygen atoms in total. The minimum Gasteiger partial charge on any atom is -0.394 e. The fraction of sp³-hybridized carbons (Fsp3) is 0.647. The van der Waals surface area contributed by atoms with E-state index in [1.165, 1.54) is 0 Å². The number of rotatable bonds is 5. The molecule has 1 N–H and O–H groups in total. The molecule has 0 aromatic heterocycles. The van der Waals surface area contributed by atoms with Crippen molar-refractivity contribution in [3.63, 3.8) is 0 Å². The molecule has 6 heteroatoms. The molecule has 23 heavy (non-hydrogen) atoms. The quantitative estimate of drug-likeness (QED) is 0.822. The van der Waals surface area contributed by atoms with E-state index in [0.717, 1.165) is 5.56 Å². The van der Waals surface area contributed by atoms with Crippen molar-refractivity contribution in [2.24, 2.45) is 0 Å². The van der Waals surface area contributed by atoms with Crippen molar-refractivity contribution in [1.29, 1.82) is 0 Å². The van der Waals surface area contributed by atoms with Crippen molar-refractivity contribution in [3.8, 4) is 0 Å². The third-order valence-corrected chi connectivity index (χ3v) is 4.43. The van der Waals surface area contributed by atoms with Crippen molar-refractivity contribution in [2.45, 2.75) is 63.1 Å². The van der Waals surface area contributed by atoms with Crippen LogP contribution < -0.4 is 0 Å². The molecule has 4 unspecified atom stereocenters. The summed E-state index contributed by atoms with van der Waals surface area (Å²) in [4.78, 5) is 0. The number of hydrogen-bond acceptors (Lipinski definition) is 6. The second kappa shape index (κ2) is 5.81. The molecule has 3 aliphatic rings. The summed E-state index contributed by atoms with van der Waals surface area (Å²) in [6.07, 6.45) is -1.65. The zero-order valence-corrected chi connectivity index (χ0v) is 13.3. The average Bonchev–Trinajstić information content (AvgIpc) is 3.16. The van der Waals surface area contributed by atoms with Gasteiger partial charge in [0.2, 0.25) is 0 Å². The zero-order valence-electron chi connectivity index (χ0n) is 13.3. The van der Waals surface area contributed by atoms with E-state index < -0.39 is 12.1 Å². The fourth-order valence-electron chi connectivity index (χ4n) is 3.34. The van der Waals surface area contributed by atoms with Crippen molar-refractivity contribution in [3.05, 3.63) is 35.9 Å². The van der Waals surface area contributed by atoms with Crippen LogP contribution in [0.4, 0.5) is 0 Å². The standard InChI is InChI=1S/C17H22O6/c1-17(2)22-14-13(12-11(8-18)20-12)21-16(15(14)23-17)19-9-10-6-4-3-5-7-10/h3-7,11-16,18H,8-9H2,1-2H3/t11?,12?,13-,14?,15?,16+/m1/s1. The lowest BCUT2D eigenvalue weighted by molar-refractivity contribution is -0.238. The molecule has 0 bridgehead atoms. The summed E-state index contributed by atoms with van der Waals surface area (Å²) >= 11 is 0. The Labute approximate surface area is 135 Å². The number of fused-ring (bicyclic) bond motifs is 1. The van der Waals surface area contributed by atoms with Crippen LogP contribution >= 0.6 is 0 Å². The smallest absolute Gasteiger partial charge is 0.187 e. The highest BCUT2D eigenvalue weighted by molar-refractivity contribution is 5.13. The molecule has 0 radical (unpaired) electrons. The molecular formula is C17H22O6. The van der Waals surface area contributed by atoms with Crippen LogP contribution in [0.1, 0.15) is 19.4 Å². The predicted octanol–water partition coefficient (Wildman–Crippen LogP) is 1.21. The summed E-state index contributed by atoms with van der Waals surface area (Å²) < 4.78 is 29.3. The van der Waals surface area contributed by atoms with E-state index in [1.54, 1.807) is 0 Å². The van der Waals surface area contributed by atoms with Gasteiger partial charge in [-0.2, -0.15) is 0 Å². The van der Waals surface area contributed by atoms with Gasteiger partial charge >= 0.3 is 0 Å². The molecule has 126 valence electrons. The van der Waals surface area contributed by atoms with E-state index in [4.69, 9.17) is 23.7 Å². The van der Waals surface area contributed by atoms with Gasteiger partial charge in [0.25, 0.3) is 0 Å². The monoisotopic (exact) mass is 322 g/mol. The average molecular weight is 322 g/mol. The summed E-state index contributed by atoms with van der Waals surface area (Å²) in [7, 11) is 0. The number of aliphatic hydroxyl groups is 1. The Morgan fingerprint density at radius 2 is 1.74 bits per heavy atom. The summed E-state index contributed by atoms with van der Waals surface area (Å²) in [5.74, 6) is -0.671. The van der Waals surface area contributed by atoms with Crippen LogP contribution in [-0.4, -0.2) is 54.3 Å². The van der Waals surface area contributed by atoms with Crippen molar-refractivity contribution < 1.29 is 28.8 Å². The molecule has 3 fully saturated rings. The predicted molar refractivity (Wildman–Crippen MR) is 79.5 cm³/mol. The van der Waals surface area contributed by atoms with E-state index in [9.17, 15) is 5.11 Å². The number of epoxide rings is 1. The van der Waals surface area contributed by atoms with Gasteiger partial charge in [-0.3, -0.25) is 0 Å². The first-order valence-corrected chi connectivity index (χ1v) is 8.00. The Morgan fingerprint density at radius 1 is 1.00 bits per heavy atom. The Kier molecular flexibility index (Phi) is 3.91. The second-order valence-electron chi connectivity index (χ2n) is 6.65. The van der Waals surface area contributed by atoms with Crippen LogP contribution in [-0.2, 0) is 30.3 Å². The molecule has 4 rings (SSSR count). The fourth-order valence-corrected chi connectivity index (χ4v) is 3.34. The zero-order chi connectivity index (χ0) is 16.0. The van der Waals surface area contributed by atoms with Crippen molar-refractivity contribution in [1.82, 2.24) is 0 Å². The number of hydrogen-bond donors (Lipinski definition) is 1. The first kappa shape index (κ1) is 15.5. The van der Waals surface area contributed by atoms with E-state index in [-0.39, 0.29) is 37.1 Å². The SMILES string of the molecule is CC1(C)OC2C(O1)[C@@H](C1OC1CO)O[C@@H]2OCc1ccccc1. The summed E-state index contributed by atoms with van der Waals surface area (Å²) in [6, 6.07) is 9.93. The van der Waals surface area contributed by atoms with E-state index >= 15 is 0 Å². The minimum atomic E-state index is -0.671. The molecule has 6 atom stereocenters. The van der Waals surface area contributed by atoms with Gasteiger partial charge in [0.1, 0.15) is 30.5 Å². The van der Waals surface area contributed by atoms with Gasteiger partial charge in [-0.15, -0.1) is 0 Å². The van der Waals surface area contributed by atoms with Gasteiger partial charge < -0.3 is 28.8 Å². The number of ether oxygens (including phenoxy) is 5. The van der Waals surface area contributed by atoms with Gasteiger partial charge in [0.05, 0.1) is 13.2 Å². The van der Waals surface area contributed by atoms with Crippen molar-refractivity contribution >= 4 is 0 Å². The Morgan fingerprint density at radius 3 is 2.43 bits per heavy atom. The molecular weight excluding hydrogens is 300 g/mol. The second-order valence-corrected chi connectivity index (χ2v) is 6.65. The number of benzene rings is 1. The summed E-state index contributed by atoms with van der Waals surface area (Å²) in [6.45, 7) is 4.20. The van der Waals surface area contributed by atoms with Crippen LogP contribution in [0.2, 0.25) is 0 Å². The van der Waals surface area contributed by atoms with Crippen LogP contribution in [0.3, 0.4) is 0 Å². The van der Waals surface area contributed by atoms with Crippen LogP contribution in [0.25, 0.3) is 0 Å². The maximum absolute atomic E-state index is 9.21. The number of aliphatic hydroxyl groups excluding tert-OH is 1. The van der Waals surface area contributed by atoms with E-state index in [0.29, 0.717) is 6.61 Å². The van der Waals surface area contributed by atoms with Crippen molar-refractivity contribution in [2.75, 3.05) is 6.61 Å². The minimum absolute atomic E-state index is 0.0122. The molecule has 3 saturated heterocycles. The first-order valence-electron chi connectivity index (χ1n) is 8.00. The van der Waals surface area contributed by atoms with Gasteiger partial charge in [-0.1, -0.05) is 30.3 Å². The molecule has 1 aromatic rings. The van der Waals surface area contributed by atoms with Gasteiger partial charge in [0.15, 0.2) is 12.1 Å². The molecule has 3 aliphatic heterocycles. The van der Waals surface area contributed by atoms with E-state index in [2.05, 4.69) is 0 Å². The van der Waals surface area contributed by atoms with Crippen LogP contribution in [0, 0.1) is 0 Å². The molecule has 0 spiro atoms. The topological polar surface area (TPSA) is 69.7 Å². The van der Waals surface area contributed by atoms with Crippen LogP contribution in [0.5, 0.6) is 0 Å². The normalized spacial score (nSPS) is 41.0. The van der Waals surface area contributed by atoms with Gasteiger partial charge in [0, 0.05) is 0 Å². The van der Waals surface area contributed by atoms with E-state index in [1.807, 2.05) is 44.2 Å². The first-order chi connectivity index (χ1) is 11.1. The third-order valence-electron chi connectivity index (χ3n) is 4.43. The largest absolute Gasteiger partial charge is 0.394 e.